The minimum atomic E-state index is 0.928. The van der Waals surface area contributed by atoms with Crippen LogP contribution in [0.5, 0.6) is 0 Å². The maximum Gasteiger partial charge on any atom is 0.145 e. The van der Waals surface area contributed by atoms with Crippen LogP contribution in [0, 0.1) is 0 Å². The summed E-state index contributed by atoms with van der Waals surface area (Å²) in [5, 5.41) is 2.60. The lowest BCUT2D eigenvalue weighted by Gasteiger charge is -2.21. The van der Waals surface area contributed by atoms with Gasteiger partial charge in [0.15, 0.2) is 0 Å². The van der Waals surface area contributed by atoms with Gasteiger partial charge in [-0.05, 0) is 103 Å². The molecule has 1 aliphatic carbocycles. The van der Waals surface area contributed by atoms with E-state index in [1.165, 1.54) is 60.8 Å². The second kappa shape index (κ2) is 11.0. The lowest BCUT2D eigenvalue weighted by Crippen LogP contribution is -1.98. The van der Waals surface area contributed by atoms with Crippen molar-refractivity contribution < 1.29 is 0 Å². The molecule has 0 aliphatic heterocycles. The highest BCUT2D eigenvalue weighted by molar-refractivity contribution is 6.22. The molecular formula is C47H30N2. The lowest BCUT2D eigenvalue weighted by atomic mass is 9.82. The molecule has 0 radical (unpaired) electrons. The van der Waals surface area contributed by atoms with Crippen molar-refractivity contribution >= 4 is 21.8 Å². The maximum atomic E-state index is 5.21. The van der Waals surface area contributed by atoms with Gasteiger partial charge in [0.25, 0.3) is 0 Å². The zero-order valence-corrected chi connectivity index (χ0v) is 26.7. The first-order valence-corrected chi connectivity index (χ1v) is 16.8. The number of hydrogen-bond donors (Lipinski definition) is 0. The predicted octanol–water partition coefficient (Wildman–Crippen LogP) is 12.5. The molecule has 1 aromatic heterocycles. The molecule has 1 heterocycles. The summed E-state index contributed by atoms with van der Waals surface area (Å²) in [6.45, 7) is 0. The van der Waals surface area contributed by atoms with Gasteiger partial charge in [-0.25, -0.2) is 4.98 Å². The lowest BCUT2D eigenvalue weighted by molar-refractivity contribution is 1.10. The van der Waals surface area contributed by atoms with Gasteiger partial charge < -0.3 is 0 Å². The fourth-order valence-electron chi connectivity index (χ4n) is 7.85. The molecule has 0 spiro atoms. The van der Waals surface area contributed by atoms with E-state index in [0.29, 0.717) is 0 Å². The average molecular weight is 623 g/mol. The Kier molecular flexibility index (Phi) is 6.22. The molecule has 0 bridgehead atoms. The number of rotatable bonds is 5. The number of benzene rings is 8. The molecule has 1 aliphatic rings. The minimum Gasteiger partial charge on any atom is -0.292 e. The Morgan fingerprint density at radius 1 is 0.367 bits per heavy atom. The Morgan fingerprint density at radius 3 is 1.69 bits per heavy atom. The van der Waals surface area contributed by atoms with Crippen molar-refractivity contribution in [2.45, 2.75) is 0 Å². The quantitative estimate of drug-likeness (QED) is 0.187. The van der Waals surface area contributed by atoms with E-state index in [2.05, 4.69) is 187 Å². The predicted molar refractivity (Wildman–Crippen MR) is 205 cm³/mol. The van der Waals surface area contributed by atoms with Gasteiger partial charge in [-0.3, -0.25) is 4.57 Å². The van der Waals surface area contributed by atoms with E-state index in [1.807, 2.05) is 0 Å². The van der Waals surface area contributed by atoms with Gasteiger partial charge in [0.1, 0.15) is 5.82 Å². The van der Waals surface area contributed by atoms with Crippen LogP contribution in [0.15, 0.2) is 182 Å². The Bertz CT molecular complexity index is 2680. The Hall–Kier alpha value is -6.51. The normalized spacial score (nSPS) is 11.7. The largest absolute Gasteiger partial charge is 0.292 e. The van der Waals surface area contributed by atoms with E-state index in [4.69, 9.17) is 4.98 Å². The minimum absolute atomic E-state index is 0.928. The Balaban J connectivity index is 1.29. The first-order valence-electron chi connectivity index (χ1n) is 16.8. The summed E-state index contributed by atoms with van der Waals surface area (Å²) in [6.07, 6.45) is 0. The van der Waals surface area contributed by atoms with Gasteiger partial charge in [-0.2, -0.15) is 0 Å². The summed E-state index contributed by atoms with van der Waals surface area (Å²) in [5.41, 5.74) is 16.7. The molecule has 0 fully saturated rings. The molecular weight excluding hydrogens is 593 g/mol. The van der Waals surface area contributed by atoms with E-state index in [1.54, 1.807) is 0 Å². The molecule has 2 nitrogen and oxygen atoms in total. The zero-order chi connectivity index (χ0) is 32.3. The highest BCUT2D eigenvalue weighted by Crippen LogP contribution is 2.57. The summed E-state index contributed by atoms with van der Waals surface area (Å²) in [4.78, 5) is 5.21. The van der Waals surface area contributed by atoms with Gasteiger partial charge in [-0.15, -0.1) is 0 Å². The van der Waals surface area contributed by atoms with Crippen molar-refractivity contribution in [2.24, 2.45) is 0 Å². The summed E-state index contributed by atoms with van der Waals surface area (Å²) < 4.78 is 2.28. The van der Waals surface area contributed by atoms with Gasteiger partial charge in [0.2, 0.25) is 0 Å². The molecule has 0 unspecified atom stereocenters. The number of hydrogen-bond acceptors (Lipinski definition) is 1. The summed E-state index contributed by atoms with van der Waals surface area (Å²) >= 11 is 0. The molecule has 228 valence electrons. The van der Waals surface area contributed by atoms with Crippen LogP contribution in [0.25, 0.3) is 94.5 Å². The van der Waals surface area contributed by atoms with Gasteiger partial charge in [0, 0.05) is 11.3 Å². The van der Waals surface area contributed by atoms with Crippen molar-refractivity contribution in [3.05, 3.63) is 182 Å². The fourth-order valence-corrected chi connectivity index (χ4v) is 7.85. The van der Waals surface area contributed by atoms with Crippen LogP contribution < -0.4 is 0 Å². The third-order valence-electron chi connectivity index (χ3n) is 9.92. The molecule has 9 aromatic rings. The number of imidazole rings is 1. The van der Waals surface area contributed by atoms with Crippen molar-refractivity contribution in [1.29, 1.82) is 0 Å². The van der Waals surface area contributed by atoms with Crippen molar-refractivity contribution in [3.63, 3.8) is 0 Å². The molecule has 8 aromatic carbocycles. The highest BCUT2D eigenvalue weighted by Gasteiger charge is 2.30. The van der Waals surface area contributed by atoms with Crippen LogP contribution in [-0.2, 0) is 0 Å². The topological polar surface area (TPSA) is 17.8 Å². The summed E-state index contributed by atoms with van der Waals surface area (Å²) in [6, 6.07) is 65.6. The van der Waals surface area contributed by atoms with E-state index in [0.717, 1.165) is 33.7 Å². The van der Waals surface area contributed by atoms with E-state index in [-0.39, 0.29) is 0 Å². The highest BCUT2D eigenvalue weighted by atomic mass is 15.1. The van der Waals surface area contributed by atoms with E-state index >= 15 is 0 Å². The van der Waals surface area contributed by atoms with Crippen LogP contribution in [0.4, 0.5) is 0 Å². The second-order valence-electron chi connectivity index (χ2n) is 12.7. The van der Waals surface area contributed by atoms with Crippen LogP contribution in [-0.4, -0.2) is 9.55 Å². The Morgan fingerprint density at radius 2 is 0.939 bits per heavy atom. The maximum absolute atomic E-state index is 5.21. The van der Waals surface area contributed by atoms with Gasteiger partial charge >= 0.3 is 0 Å². The summed E-state index contributed by atoms with van der Waals surface area (Å²) in [5.74, 6) is 0.928. The molecule has 0 atom stereocenters. The molecule has 0 saturated heterocycles. The number of nitrogens with zero attached hydrogens (tertiary/aromatic N) is 2. The van der Waals surface area contributed by atoms with Crippen LogP contribution in [0.2, 0.25) is 0 Å². The first-order chi connectivity index (χ1) is 24.3. The number of fused-ring (bicyclic) bond motifs is 4. The number of aromatic nitrogens is 2. The molecule has 10 rings (SSSR count). The smallest absolute Gasteiger partial charge is 0.145 e. The SMILES string of the molecule is c1ccc(-c2cc(-c3cccc(-c4nc5ccccc5n4-c4ccccc4)c3)c(-c3ccccc3)c3c2-c2cccc4cccc-3c24)cc1. The fraction of sp³-hybridized carbons (Fsp3) is 0. The molecule has 0 saturated carbocycles. The van der Waals surface area contributed by atoms with Crippen molar-refractivity contribution in [2.75, 3.05) is 0 Å². The monoisotopic (exact) mass is 622 g/mol. The van der Waals surface area contributed by atoms with Gasteiger partial charge in [0.05, 0.1) is 11.0 Å². The van der Waals surface area contributed by atoms with Gasteiger partial charge in [-0.1, -0.05) is 146 Å². The molecule has 2 heteroatoms. The molecule has 49 heavy (non-hydrogen) atoms. The Labute approximate surface area is 285 Å². The number of para-hydroxylation sites is 3. The standard InChI is InChI=1S/C47H30N2/c1-4-15-31(16-5-1)39-30-40(44(33-17-6-2-7-18-33)46-38-26-14-20-32-19-13-25-37(43(32)38)45(39)46)34-21-12-22-35(29-34)47-48-41-27-10-11-28-42(41)49(47)36-23-8-3-9-24-36/h1-30H. The van der Waals surface area contributed by atoms with Crippen LogP contribution >= 0.6 is 0 Å². The van der Waals surface area contributed by atoms with Crippen molar-refractivity contribution in [1.82, 2.24) is 9.55 Å². The third kappa shape index (κ3) is 4.31. The first kappa shape index (κ1) is 27.6. The van der Waals surface area contributed by atoms with E-state index < -0.39 is 0 Å². The second-order valence-corrected chi connectivity index (χ2v) is 12.7. The van der Waals surface area contributed by atoms with E-state index in [9.17, 15) is 0 Å². The summed E-state index contributed by atoms with van der Waals surface area (Å²) in [7, 11) is 0. The third-order valence-corrected chi connectivity index (χ3v) is 9.92. The molecule has 0 amide bonds. The average Bonchev–Trinajstić information content (AvgIpc) is 3.73. The van der Waals surface area contributed by atoms with Crippen LogP contribution in [0.1, 0.15) is 0 Å². The van der Waals surface area contributed by atoms with Crippen molar-refractivity contribution in [3.8, 4) is 72.7 Å². The zero-order valence-electron chi connectivity index (χ0n) is 26.7. The van der Waals surface area contributed by atoms with Crippen LogP contribution in [0.3, 0.4) is 0 Å². The molecule has 0 N–H and O–H groups in total.